The van der Waals surface area contributed by atoms with E-state index in [0.29, 0.717) is 0 Å². The molecule has 0 saturated heterocycles. The minimum absolute atomic E-state index is 0.181. The molecule has 4 heteroatoms. The Morgan fingerprint density at radius 1 is 1.44 bits per heavy atom. The molecule has 9 heavy (non-hydrogen) atoms. The molecule has 2 N–H and O–H groups in total. The highest BCUT2D eigenvalue weighted by molar-refractivity contribution is 5.43. The zero-order chi connectivity index (χ0) is 6.95. The first-order valence-corrected chi connectivity index (χ1v) is 2.22. The van der Waals surface area contributed by atoms with E-state index in [1.165, 1.54) is 5.48 Å². The molecule has 1 heterocycles. The van der Waals surface area contributed by atoms with Gasteiger partial charge >= 0.3 is 0 Å². The van der Waals surface area contributed by atoms with E-state index >= 15 is 0 Å². The molecule has 0 aliphatic heterocycles. The minimum atomic E-state index is 0.181. The molecule has 1 aromatic rings. The zero-order valence-corrected chi connectivity index (χ0v) is 4.65. The molecule has 0 aromatic carbocycles. The van der Waals surface area contributed by atoms with E-state index in [4.69, 9.17) is 10.0 Å². The third-order valence-electron chi connectivity index (χ3n) is 0.478. The lowest BCUT2D eigenvalue weighted by Crippen LogP contribution is -1.99. The Kier molecular flexibility index (Phi) is 5.75. The van der Waals surface area contributed by atoms with Gasteiger partial charge in [-0.3, -0.25) is 10.0 Å². The summed E-state index contributed by atoms with van der Waals surface area (Å²) in [6, 6.07) is 3.67. The number of rotatable bonds is 1. The summed E-state index contributed by atoms with van der Waals surface area (Å²) in [6.45, 7) is 0. The van der Waals surface area contributed by atoms with Crippen LogP contribution in [-0.2, 0) is 4.79 Å². The van der Waals surface area contributed by atoms with Crippen LogP contribution in [-0.4, -0.2) is 11.6 Å². The Balaban J connectivity index is 0.000000148. The molecular weight excluding hydrogens is 122 g/mol. The molecule has 50 valence electrons. The van der Waals surface area contributed by atoms with Gasteiger partial charge in [-0.15, -0.1) is 0 Å². The molecule has 4 nitrogen and oxygen atoms in total. The van der Waals surface area contributed by atoms with Crippen molar-refractivity contribution < 1.29 is 14.4 Å². The summed E-state index contributed by atoms with van der Waals surface area (Å²) in [5, 5.41) is 7.26. The van der Waals surface area contributed by atoms with Crippen LogP contribution in [0.4, 0.5) is 0 Å². The van der Waals surface area contributed by atoms with E-state index in [-0.39, 0.29) is 6.41 Å². The van der Waals surface area contributed by atoms with Crippen LogP contribution in [0, 0.1) is 0 Å². The molecule has 1 aromatic heterocycles. The maximum absolute atomic E-state index is 8.81. The minimum Gasteiger partial charge on any atom is -0.473 e. The first kappa shape index (κ1) is 7.71. The number of hydrogen-bond donors (Lipinski definition) is 2. The topological polar surface area (TPSA) is 62.5 Å². The highest BCUT2D eigenvalue weighted by atomic mass is 16.5. The van der Waals surface area contributed by atoms with Gasteiger partial charge in [0.25, 0.3) is 0 Å². The van der Waals surface area contributed by atoms with E-state index in [9.17, 15) is 0 Å². The van der Waals surface area contributed by atoms with Crippen molar-refractivity contribution in [1.82, 2.24) is 5.48 Å². The lowest BCUT2D eigenvalue weighted by Gasteiger charge is -1.64. The molecule has 0 bridgehead atoms. The molecule has 0 aliphatic carbocycles. The van der Waals surface area contributed by atoms with Gasteiger partial charge in [0.1, 0.15) is 0 Å². The standard InChI is InChI=1S/C4H4O.CH3NO2/c1-2-4-5-3-1;3-1-2-4/h1-4H;1,4H,(H,2,3). The average Bonchev–Trinajstić information content (AvgIpc) is 2.43. The fourth-order valence-electron chi connectivity index (χ4n) is 0.227. The first-order valence-electron chi connectivity index (χ1n) is 2.22. The molecule has 1 amide bonds. The van der Waals surface area contributed by atoms with Crippen LogP contribution >= 0.6 is 0 Å². The normalized spacial score (nSPS) is 6.78. The molecule has 0 unspecified atom stereocenters. The third-order valence-corrected chi connectivity index (χ3v) is 0.478. The van der Waals surface area contributed by atoms with Crippen LogP contribution in [0.1, 0.15) is 0 Å². The highest BCUT2D eigenvalue weighted by Crippen LogP contribution is 1.79. The summed E-state index contributed by atoms with van der Waals surface area (Å²) >= 11 is 0. The quantitative estimate of drug-likeness (QED) is 0.328. The molecule has 0 saturated carbocycles. The number of amides is 1. The molecular formula is C5H7NO3. The second kappa shape index (κ2) is 6.71. The van der Waals surface area contributed by atoms with E-state index < -0.39 is 0 Å². The highest BCUT2D eigenvalue weighted by Gasteiger charge is 1.58. The van der Waals surface area contributed by atoms with Gasteiger partial charge in [0, 0.05) is 0 Å². The zero-order valence-electron chi connectivity index (χ0n) is 4.65. The molecule has 0 fully saturated rings. The van der Waals surface area contributed by atoms with Gasteiger partial charge in [0.2, 0.25) is 6.41 Å². The van der Waals surface area contributed by atoms with Gasteiger partial charge in [-0.25, -0.2) is 5.48 Å². The number of nitrogens with one attached hydrogen (secondary N) is 1. The third kappa shape index (κ3) is 6.71. The van der Waals surface area contributed by atoms with E-state index in [2.05, 4.69) is 4.42 Å². The van der Waals surface area contributed by atoms with Crippen LogP contribution in [0.2, 0.25) is 0 Å². The van der Waals surface area contributed by atoms with Crippen molar-refractivity contribution in [3.05, 3.63) is 24.7 Å². The van der Waals surface area contributed by atoms with E-state index in [0.717, 1.165) is 0 Å². The molecule has 0 atom stereocenters. The van der Waals surface area contributed by atoms with Gasteiger partial charge < -0.3 is 4.42 Å². The summed E-state index contributed by atoms with van der Waals surface area (Å²) < 4.78 is 4.58. The Labute approximate surface area is 52.1 Å². The summed E-state index contributed by atoms with van der Waals surface area (Å²) in [5.41, 5.74) is 1.25. The van der Waals surface area contributed by atoms with Crippen LogP contribution in [0.15, 0.2) is 29.1 Å². The van der Waals surface area contributed by atoms with Crippen molar-refractivity contribution in [2.24, 2.45) is 0 Å². The summed E-state index contributed by atoms with van der Waals surface area (Å²) in [6.07, 6.45) is 3.43. The number of carbonyl (C=O) groups is 1. The predicted octanol–water partition coefficient (Wildman–Crippen LogP) is 0.401. The lowest BCUT2D eigenvalue weighted by atomic mass is 10.7. The Morgan fingerprint density at radius 2 is 1.89 bits per heavy atom. The monoisotopic (exact) mass is 129 g/mol. The number of hydroxylamine groups is 1. The summed E-state index contributed by atoms with van der Waals surface area (Å²) in [5.74, 6) is 0. The fourth-order valence-corrected chi connectivity index (χ4v) is 0.227. The van der Waals surface area contributed by atoms with Crippen molar-refractivity contribution >= 4 is 6.41 Å². The van der Waals surface area contributed by atoms with Crippen molar-refractivity contribution in [3.63, 3.8) is 0 Å². The lowest BCUT2D eigenvalue weighted by molar-refractivity contribution is -0.116. The number of hydrogen-bond acceptors (Lipinski definition) is 3. The van der Waals surface area contributed by atoms with Crippen molar-refractivity contribution in [2.45, 2.75) is 0 Å². The van der Waals surface area contributed by atoms with Crippen molar-refractivity contribution in [1.29, 1.82) is 0 Å². The second-order valence-corrected chi connectivity index (χ2v) is 1.04. The Morgan fingerprint density at radius 3 is 2.00 bits per heavy atom. The van der Waals surface area contributed by atoms with E-state index in [1.54, 1.807) is 12.5 Å². The second-order valence-electron chi connectivity index (χ2n) is 1.04. The Bertz CT molecular complexity index is 110. The van der Waals surface area contributed by atoms with Crippen molar-refractivity contribution in [2.75, 3.05) is 0 Å². The fraction of sp³-hybridized carbons (Fsp3) is 0. The van der Waals surface area contributed by atoms with Gasteiger partial charge in [-0.2, -0.15) is 0 Å². The summed E-state index contributed by atoms with van der Waals surface area (Å²) in [4.78, 5) is 8.81. The van der Waals surface area contributed by atoms with Crippen molar-refractivity contribution in [3.8, 4) is 0 Å². The van der Waals surface area contributed by atoms with Crippen LogP contribution in [0.25, 0.3) is 0 Å². The van der Waals surface area contributed by atoms with Gasteiger partial charge in [-0.05, 0) is 12.1 Å². The molecule has 0 radical (unpaired) electrons. The number of furan rings is 1. The van der Waals surface area contributed by atoms with Crippen LogP contribution < -0.4 is 5.48 Å². The molecule has 1 rings (SSSR count). The number of carbonyl (C=O) groups excluding carboxylic acids is 1. The predicted molar refractivity (Wildman–Crippen MR) is 29.7 cm³/mol. The SMILES string of the molecule is O=CNO.c1ccoc1. The maximum atomic E-state index is 8.81. The molecule has 0 spiro atoms. The van der Waals surface area contributed by atoms with Crippen LogP contribution in [0.3, 0.4) is 0 Å². The largest absolute Gasteiger partial charge is 0.473 e. The maximum Gasteiger partial charge on any atom is 0.230 e. The smallest absolute Gasteiger partial charge is 0.230 e. The van der Waals surface area contributed by atoms with Gasteiger partial charge in [0.05, 0.1) is 12.5 Å². The first-order chi connectivity index (χ1) is 4.41. The summed E-state index contributed by atoms with van der Waals surface area (Å²) in [7, 11) is 0. The van der Waals surface area contributed by atoms with E-state index in [1.807, 2.05) is 12.1 Å². The van der Waals surface area contributed by atoms with Crippen LogP contribution in [0.5, 0.6) is 0 Å². The average molecular weight is 129 g/mol. The Hall–Kier alpha value is -1.29. The van der Waals surface area contributed by atoms with Gasteiger partial charge in [0.15, 0.2) is 0 Å². The van der Waals surface area contributed by atoms with Gasteiger partial charge in [-0.1, -0.05) is 0 Å². The molecule has 0 aliphatic rings.